The summed E-state index contributed by atoms with van der Waals surface area (Å²) in [5, 5.41) is 8.53. The summed E-state index contributed by atoms with van der Waals surface area (Å²) in [6.45, 7) is 0.278. The van der Waals surface area contributed by atoms with Crippen molar-refractivity contribution in [3.05, 3.63) is 29.6 Å². The maximum absolute atomic E-state index is 10.4. The summed E-state index contributed by atoms with van der Waals surface area (Å²) in [6.07, 6.45) is 1.41. The second-order valence-electron chi connectivity index (χ2n) is 2.24. The fraction of sp³-hybridized carbons (Fsp3) is 0.111. The van der Waals surface area contributed by atoms with Gasteiger partial charge in [-0.15, -0.1) is 0 Å². The van der Waals surface area contributed by atoms with Gasteiger partial charge < -0.3 is 10.8 Å². The van der Waals surface area contributed by atoms with E-state index in [2.05, 4.69) is 16.8 Å². The van der Waals surface area contributed by atoms with Crippen LogP contribution in [0.15, 0.2) is 18.3 Å². The lowest BCUT2D eigenvalue weighted by Gasteiger charge is -1.92. The number of rotatable bonds is 1. The van der Waals surface area contributed by atoms with Crippen molar-refractivity contribution in [2.45, 2.75) is 0 Å². The van der Waals surface area contributed by atoms with Crippen LogP contribution in [-0.2, 0) is 0 Å². The molecule has 0 radical (unpaired) electrons. The highest BCUT2D eigenvalue weighted by Gasteiger charge is 2.01. The SMILES string of the molecule is NCC#Cc1ccc(C(=O)O)nc1. The Bertz CT molecular complexity index is 359. The van der Waals surface area contributed by atoms with Crippen molar-refractivity contribution in [2.24, 2.45) is 5.73 Å². The number of aromatic carboxylic acids is 1. The smallest absolute Gasteiger partial charge is 0.354 e. The molecule has 0 aliphatic heterocycles. The number of hydrogen-bond donors (Lipinski definition) is 2. The molecule has 66 valence electrons. The number of aromatic nitrogens is 1. The number of hydrogen-bond acceptors (Lipinski definition) is 3. The average molecular weight is 176 g/mol. The molecule has 1 heterocycles. The summed E-state index contributed by atoms with van der Waals surface area (Å²) in [5.74, 6) is 4.34. The zero-order chi connectivity index (χ0) is 9.68. The summed E-state index contributed by atoms with van der Waals surface area (Å²) in [7, 11) is 0. The van der Waals surface area contributed by atoms with E-state index in [9.17, 15) is 4.79 Å². The van der Waals surface area contributed by atoms with Gasteiger partial charge in [-0.2, -0.15) is 0 Å². The van der Waals surface area contributed by atoms with Crippen LogP contribution in [0.1, 0.15) is 16.1 Å². The Hall–Kier alpha value is -1.86. The molecular formula is C9H8N2O2. The summed E-state index contributed by atoms with van der Waals surface area (Å²) >= 11 is 0. The molecule has 0 spiro atoms. The zero-order valence-corrected chi connectivity index (χ0v) is 6.82. The van der Waals surface area contributed by atoms with Crippen molar-refractivity contribution in [1.29, 1.82) is 0 Å². The van der Waals surface area contributed by atoms with Gasteiger partial charge in [-0.25, -0.2) is 9.78 Å². The highest BCUT2D eigenvalue weighted by atomic mass is 16.4. The maximum atomic E-state index is 10.4. The minimum atomic E-state index is -1.04. The van der Waals surface area contributed by atoms with Crippen LogP contribution in [0.25, 0.3) is 0 Å². The van der Waals surface area contributed by atoms with Crippen LogP contribution < -0.4 is 5.73 Å². The number of carboxylic acid groups (broad SMARTS) is 1. The van der Waals surface area contributed by atoms with Crippen LogP contribution in [0.5, 0.6) is 0 Å². The number of pyridine rings is 1. The number of carboxylic acids is 1. The molecule has 1 aromatic heterocycles. The molecule has 13 heavy (non-hydrogen) atoms. The molecule has 0 atom stereocenters. The molecule has 0 aliphatic rings. The Morgan fingerprint density at radius 2 is 2.38 bits per heavy atom. The number of nitrogens with two attached hydrogens (primary N) is 1. The monoisotopic (exact) mass is 176 g/mol. The van der Waals surface area contributed by atoms with Crippen LogP contribution in [0.3, 0.4) is 0 Å². The molecule has 0 bridgehead atoms. The highest BCUT2D eigenvalue weighted by Crippen LogP contribution is 1.98. The Kier molecular flexibility index (Phi) is 3.01. The van der Waals surface area contributed by atoms with Crippen LogP contribution in [0.4, 0.5) is 0 Å². The summed E-state index contributed by atoms with van der Waals surface area (Å²) in [4.78, 5) is 14.1. The molecule has 0 amide bonds. The predicted octanol–water partition coefficient (Wildman–Crippen LogP) is 0.0900. The van der Waals surface area contributed by atoms with Gasteiger partial charge in [-0.3, -0.25) is 0 Å². The van der Waals surface area contributed by atoms with Crippen molar-refractivity contribution in [3.63, 3.8) is 0 Å². The fourth-order valence-electron chi connectivity index (χ4n) is 0.747. The van der Waals surface area contributed by atoms with Crippen LogP contribution in [0.2, 0.25) is 0 Å². The molecular weight excluding hydrogens is 168 g/mol. The van der Waals surface area contributed by atoms with Gasteiger partial charge in [0.1, 0.15) is 5.69 Å². The fourth-order valence-corrected chi connectivity index (χ4v) is 0.747. The van der Waals surface area contributed by atoms with Crippen LogP contribution in [-0.4, -0.2) is 22.6 Å². The van der Waals surface area contributed by atoms with Gasteiger partial charge >= 0.3 is 5.97 Å². The van der Waals surface area contributed by atoms with E-state index in [0.717, 1.165) is 0 Å². The number of nitrogens with zero attached hydrogens (tertiary/aromatic N) is 1. The van der Waals surface area contributed by atoms with E-state index in [4.69, 9.17) is 10.8 Å². The van der Waals surface area contributed by atoms with Crippen molar-refractivity contribution < 1.29 is 9.90 Å². The van der Waals surface area contributed by atoms with Gasteiger partial charge in [-0.05, 0) is 12.1 Å². The molecule has 4 nitrogen and oxygen atoms in total. The van der Waals surface area contributed by atoms with E-state index in [1.165, 1.54) is 12.3 Å². The van der Waals surface area contributed by atoms with Crippen molar-refractivity contribution in [3.8, 4) is 11.8 Å². The Morgan fingerprint density at radius 3 is 2.85 bits per heavy atom. The first kappa shape index (κ1) is 9.23. The minimum Gasteiger partial charge on any atom is -0.477 e. The molecule has 1 rings (SSSR count). The van der Waals surface area contributed by atoms with Gasteiger partial charge in [0.05, 0.1) is 6.54 Å². The Balaban J connectivity index is 2.87. The molecule has 0 fully saturated rings. The van der Waals surface area contributed by atoms with Crippen molar-refractivity contribution >= 4 is 5.97 Å². The zero-order valence-electron chi connectivity index (χ0n) is 6.82. The lowest BCUT2D eigenvalue weighted by molar-refractivity contribution is 0.0690. The summed E-state index contributed by atoms with van der Waals surface area (Å²) in [6, 6.07) is 3.00. The number of carbonyl (C=O) groups is 1. The lowest BCUT2D eigenvalue weighted by atomic mass is 10.2. The minimum absolute atomic E-state index is 0.0123. The van der Waals surface area contributed by atoms with Gasteiger partial charge in [0.15, 0.2) is 0 Å². The second kappa shape index (κ2) is 4.24. The first-order valence-corrected chi connectivity index (χ1v) is 3.62. The van der Waals surface area contributed by atoms with E-state index in [0.29, 0.717) is 5.56 Å². The quantitative estimate of drug-likeness (QED) is 0.594. The normalized spacial score (nSPS) is 8.69. The lowest BCUT2D eigenvalue weighted by Crippen LogP contribution is -1.99. The third-order valence-electron chi connectivity index (χ3n) is 1.32. The standard InChI is InChI=1S/C9H8N2O2/c10-5-1-2-7-3-4-8(9(12)13)11-6-7/h3-4,6H,5,10H2,(H,12,13). The van der Waals surface area contributed by atoms with Crippen LogP contribution >= 0.6 is 0 Å². The molecule has 1 aromatic rings. The largest absolute Gasteiger partial charge is 0.477 e. The molecule has 0 aromatic carbocycles. The molecule has 3 N–H and O–H groups in total. The van der Waals surface area contributed by atoms with E-state index >= 15 is 0 Å². The van der Waals surface area contributed by atoms with Gasteiger partial charge in [-0.1, -0.05) is 11.8 Å². The molecule has 0 saturated heterocycles. The van der Waals surface area contributed by atoms with E-state index in [1.807, 2.05) is 0 Å². The first-order chi connectivity index (χ1) is 6.24. The average Bonchev–Trinajstić information content (AvgIpc) is 2.15. The second-order valence-corrected chi connectivity index (χ2v) is 2.24. The highest BCUT2D eigenvalue weighted by molar-refractivity contribution is 5.85. The topological polar surface area (TPSA) is 76.2 Å². The molecule has 0 aliphatic carbocycles. The third-order valence-corrected chi connectivity index (χ3v) is 1.32. The van der Waals surface area contributed by atoms with E-state index in [1.54, 1.807) is 6.07 Å². The first-order valence-electron chi connectivity index (χ1n) is 3.62. The molecule has 4 heteroatoms. The Morgan fingerprint density at radius 1 is 1.62 bits per heavy atom. The van der Waals surface area contributed by atoms with Gasteiger partial charge in [0.2, 0.25) is 0 Å². The summed E-state index contributed by atoms with van der Waals surface area (Å²) in [5.41, 5.74) is 5.84. The maximum Gasteiger partial charge on any atom is 0.354 e. The van der Waals surface area contributed by atoms with Crippen LogP contribution in [0, 0.1) is 11.8 Å². The van der Waals surface area contributed by atoms with Gasteiger partial charge in [0, 0.05) is 11.8 Å². The van der Waals surface area contributed by atoms with E-state index in [-0.39, 0.29) is 12.2 Å². The van der Waals surface area contributed by atoms with Gasteiger partial charge in [0.25, 0.3) is 0 Å². The van der Waals surface area contributed by atoms with Crippen molar-refractivity contribution in [1.82, 2.24) is 4.98 Å². The Labute approximate surface area is 75.4 Å². The third kappa shape index (κ3) is 2.58. The predicted molar refractivity (Wildman–Crippen MR) is 47.1 cm³/mol. The molecule has 0 unspecified atom stereocenters. The van der Waals surface area contributed by atoms with E-state index < -0.39 is 5.97 Å². The summed E-state index contributed by atoms with van der Waals surface area (Å²) < 4.78 is 0. The van der Waals surface area contributed by atoms with Crippen molar-refractivity contribution in [2.75, 3.05) is 6.54 Å². The molecule has 0 saturated carbocycles.